The van der Waals surface area contributed by atoms with Crippen molar-refractivity contribution >= 4 is 24.2 Å². The Labute approximate surface area is 163 Å². The van der Waals surface area contributed by atoms with E-state index in [-0.39, 0.29) is 35.6 Å². The van der Waals surface area contributed by atoms with Crippen LogP contribution in [0.25, 0.3) is 0 Å². The molecular formula is C20H32ClN3O2. The topological polar surface area (TPSA) is 70.2 Å². The summed E-state index contributed by atoms with van der Waals surface area (Å²) < 4.78 is 0. The number of hydrogen-bond acceptors (Lipinski definition) is 3. The Morgan fingerprint density at radius 3 is 2.27 bits per heavy atom. The van der Waals surface area contributed by atoms with Crippen LogP contribution in [0, 0.1) is 18.3 Å². The fourth-order valence-electron chi connectivity index (χ4n) is 3.08. The first-order valence-electron chi connectivity index (χ1n) is 9.17. The van der Waals surface area contributed by atoms with Crippen LogP contribution in [0.5, 0.6) is 0 Å². The van der Waals surface area contributed by atoms with Crippen LogP contribution in [0.15, 0.2) is 24.3 Å². The van der Waals surface area contributed by atoms with Gasteiger partial charge < -0.3 is 16.0 Å². The van der Waals surface area contributed by atoms with Crippen molar-refractivity contribution in [1.82, 2.24) is 16.0 Å². The van der Waals surface area contributed by atoms with Gasteiger partial charge >= 0.3 is 0 Å². The van der Waals surface area contributed by atoms with E-state index in [2.05, 4.69) is 22.9 Å². The molecule has 2 rings (SSSR count). The SMILES string of the molecule is Cc1ccc(C(=O)NC(C(=O)NCC2(C)CCNCC2)C(C)C)cc1.Cl. The minimum absolute atomic E-state index is 0. The first kappa shape index (κ1) is 22.5. The van der Waals surface area contributed by atoms with E-state index in [0.717, 1.165) is 31.5 Å². The molecule has 0 aliphatic carbocycles. The molecule has 0 aromatic heterocycles. The lowest BCUT2D eigenvalue weighted by molar-refractivity contribution is -0.124. The van der Waals surface area contributed by atoms with Crippen LogP contribution in [0.3, 0.4) is 0 Å². The second-order valence-electron chi connectivity index (χ2n) is 7.84. The minimum atomic E-state index is -0.529. The number of hydrogen-bond donors (Lipinski definition) is 3. The summed E-state index contributed by atoms with van der Waals surface area (Å²) in [6, 6.07) is 6.85. The summed E-state index contributed by atoms with van der Waals surface area (Å²) in [6.45, 7) is 10.7. The van der Waals surface area contributed by atoms with Gasteiger partial charge in [0, 0.05) is 12.1 Å². The lowest BCUT2D eigenvalue weighted by Gasteiger charge is -2.35. The predicted octanol–water partition coefficient (Wildman–Crippen LogP) is 2.68. The molecule has 146 valence electrons. The van der Waals surface area contributed by atoms with E-state index in [0.29, 0.717) is 12.1 Å². The molecular weight excluding hydrogens is 350 g/mol. The number of rotatable bonds is 6. The van der Waals surface area contributed by atoms with E-state index < -0.39 is 6.04 Å². The molecule has 3 N–H and O–H groups in total. The van der Waals surface area contributed by atoms with Crippen molar-refractivity contribution < 1.29 is 9.59 Å². The van der Waals surface area contributed by atoms with Crippen LogP contribution in [-0.4, -0.2) is 37.5 Å². The molecule has 1 fully saturated rings. The van der Waals surface area contributed by atoms with Gasteiger partial charge in [0.05, 0.1) is 0 Å². The summed E-state index contributed by atoms with van der Waals surface area (Å²) in [4.78, 5) is 25.1. The molecule has 1 unspecified atom stereocenters. The lowest BCUT2D eigenvalue weighted by Crippen LogP contribution is -2.52. The van der Waals surface area contributed by atoms with Gasteiger partial charge in [-0.25, -0.2) is 0 Å². The highest BCUT2D eigenvalue weighted by Gasteiger charge is 2.30. The number of nitrogens with one attached hydrogen (secondary N) is 3. The van der Waals surface area contributed by atoms with Crippen LogP contribution in [0.2, 0.25) is 0 Å². The number of carbonyl (C=O) groups excluding carboxylic acids is 2. The van der Waals surface area contributed by atoms with Gasteiger partial charge in [0.15, 0.2) is 0 Å². The van der Waals surface area contributed by atoms with Gasteiger partial charge in [-0.1, -0.05) is 38.5 Å². The van der Waals surface area contributed by atoms with Crippen molar-refractivity contribution in [3.63, 3.8) is 0 Å². The molecule has 1 heterocycles. The molecule has 1 aliphatic rings. The van der Waals surface area contributed by atoms with E-state index in [4.69, 9.17) is 0 Å². The monoisotopic (exact) mass is 381 g/mol. The van der Waals surface area contributed by atoms with Crippen LogP contribution in [0.1, 0.15) is 49.5 Å². The van der Waals surface area contributed by atoms with E-state index >= 15 is 0 Å². The molecule has 1 aliphatic heterocycles. The normalized spacial score (nSPS) is 17.1. The number of carbonyl (C=O) groups is 2. The van der Waals surface area contributed by atoms with Crippen LogP contribution in [0.4, 0.5) is 0 Å². The van der Waals surface area contributed by atoms with Gasteiger partial charge in [-0.3, -0.25) is 9.59 Å². The van der Waals surface area contributed by atoms with Crippen molar-refractivity contribution in [1.29, 1.82) is 0 Å². The zero-order chi connectivity index (χ0) is 18.4. The maximum absolute atomic E-state index is 12.6. The van der Waals surface area contributed by atoms with Crippen LogP contribution >= 0.6 is 12.4 Å². The maximum atomic E-state index is 12.6. The van der Waals surface area contributed by atoms with Gasteiger partial charge in [-0.05, 0) is 56.3 Å². The van der Waals surface area contributed by atoms with Gasteiger partial charge in [0.1, 0.15) is 6.04 Å². The number of piperidine rings is 1. The van der Waals surface area contributed by atoms with E-state index in [9.17, 15) is 9.59 Å². The molecule has 0 spiro atoms. The Hall–Kier alpha value is -1.59. The van der Waals surface area contributed by atoms with E-state index in [1.165, 1.54) is 0 Å². The Kier molecular flexibility index (Phi) is 8.57. The molecule has 26 heavy (non-hydrogen) atoms. The van der Waals surface area contributed by atoms with Crippen molar-refractivity contribution in [3.05, 3.63) is 35.4 Å². The molecule has 5 nitrogen and oxygen atoms in total. The molecule has 1 atom stereocenters. The van der Waals surface area contributed by atoms with Gasteiger partial charge in [-0.2, -0.15) is 0 Å². The van der Waals surface area contributed by atoms with Crippen LogP contribution in [-0.2, 0) is 4.79 Å². The third-order valence-electron chi connectivity index (χ3n) is 5.05. The average molecular weight is 382 g/mol. The third-order valence-corrected chi connectivity index (χ3v) is 5.05. The van der Waals surface area contributed by atoms with Crippen molar-refractivity contribution in [2.24, 2.45) is 11.3 Å². The van der Waals surface area contributed by atoms with E-state index in [1.807, 2.05) is 32.9 Å². The first-order valence-corrected chi connectivity index (χ1v) is 9.17. The Morgan fingerprint density at radius 2 is 1.73 bits per heavy atom. The molecule has 0 saturated carbocycles. The second-order valence-corrected chi connectivity index (χ2v) is 7.84. The zero-order valence-electron chi connectivity index (χ0n) is 16.2. The van der Waals surface area contributed by atoms with Gasteiger partial charge in [0.25, 0.3) is 5.91 Å². The van der Waals surface area contributed by atoms with Crippen LogP contribution < -0.4 is 16.0 Å². The van der Waals surface area contributed by atoms with Crippen molar-refractivity contribution in [2.75, 3.05) is 19.6 Å². The second kappa shape index (κ2) is 9.93. The van der Waals surface area contributed by atoms with E-state index in [1.54, 1.807) is 12.1 Å². The summed E-state index contributed by atoms with van der Waals surface area (Å²) in [6.07, 6.45) is 2.10. The molecule has 0 bridgehead atoms. The molecule has 2 amide bonds. The third kappa shape index (κ3) is 6.29. The molecule has 1 aromatic rings. The Morgan fingerprint density at radius 1 is 1.15 bits per heavy atom. The highest BCUT2D eigenvalue weighted by molar-refractivity contribution is 5.97. The quantitative estimate of drug-likeness (QED) is 0.709. The van der Waals surface area contributed by atoms with Gasteiger partial charge in [-0.15, -0.1) is 12.4 Å². The summed E-state index contributed by atoms with van der Waals surface area (Å²) >= 11 is 0. The fourth-order valence-corrected chi connectivity index (χ4v) is 3.08. The standard InChI is InChI=1S/C20H31N3O2.ClH/c1-14(2)17(23-18(24)16-7-5-15(3)6-8-16)19(25)22-13-20(4)9-11-21-12-10-20;/h5-8,14,17,21H,9-13H2,1-4H3,(H,22,25)(H,23,24);1H. The summed E-state index contributed by atoms with van der Waals surface area (Å²) in [7, 11) is 0. The maximum Gasteiger partial charge on any atom is 0.251 e. The Bertz CT molecular complexity index is 596. The molecule has 1 aromatic carbocycles. The fraction of sp³-hybridized carbons (Fsp3) is 0.600. The largest absolute Gasteiger partial charge is 0.354 e. The summed E-state index contributed by atoms with van der Waals surface area (Å²) in [5.74, 6) is -0.285. The molecule has 0 radical (unpaired) electrons. The first-order chi connectivity index (χ1) is 11.8. The number of benzene rings is 1. The zero-order valence-corrected chi connectivity index (χ0v) is 17.0. The smallest absolute Gasteiger partial charge is 0.251 e. The summed E-state index contributed by atoms with van der Waals surface area (Å²) in [5, 5.41) is 9.29. The molecule has 6 heteroatoms. The lowest BCUT2D eigenvalue weighted by atomic mass is 9.81. The highest BCUT2D eigenvalue weighted by atomic mass is 35.5. The number of amides is 2. The van der Waals surface area contributed by atoms with Crippen molar-refractivity contribution in [3.8, 4) is 0 Å². The Balaban J connectivity index is 0.00000338. The number of halogens is 1. The van der Waals surface area contributed by atoms with Crippen molar-refractivity contribution in [2.45, 2.75) is 46.6 Å². The number of aryl methyl sites for hydroxylation is 1. The minimum Gasteiger partial charge on any atom is -0.354 e. The predicted molar refractivity (Wildman–Crippen MR) is 108 cm³/mol. The van der Waals surface area contributed by atoms with Gasteiger partial charge in [0.2, 0.25) is 5.91 Å². The highest BCUT2D eigenvalue weighted by Crippen LogP contribution is 2.26. The molecule has 1 saturated heterocycles. The average Bonchev–Trinajstić information content (AvgIpc) is 2.58. The summed E-state index contributed by atoms with van der Waals surface area (Å²) in [5.41, 5.74) is 1.81.